The minimum Gasteiger partial charge on any atom is -0.399 e. The van der Waals surface area contributed by atoms with Crippen molar-refractivity contribution in [2.45, 2.75) is 26.2 Å². The molecule has 1 aromatic heterocycles. The van der Waals surface area contributed by atoms with Crippen LogP contribution in [0.2, 0.25) is 0 Å². The summed E-state index contributed by atoms with van der Waals surface area (Å²) in [4.78, 5) is 0. The molecule has 0 saturated heterocycles. The highest BCUT2D eigenvalue weighted by Gasteiger charge is 2.17. The number of hydrogen-bond acceptors (Lipinski definition) is 3. The highest BCUT2D eigenvalue weighted by molar-refractivity contribution is 5.56. The third-order valence-electron chi connectivity index (χ3n) is 2.75. The Bertz CT molecular complexity index is 611. The summed E-state index contributed by atoms with van der Waals surface area (Å²) >= 11 is 0. The van der Waals surface area contributed by atoms with E-state index in [0.717, 1.165) is 11.4 Å². The monoisotopic (exact) mass is 240 g/mol. The van der Waals surface area contributed by atoms with E-state index in [-0.39, 0.29) is 5.41 Å². The molecule has 4 heteroatoms. The van der Waals surface area contributed by atoms with E-state index in [0.29, 0.717) is 11.3 Å². The van der Waals surface area contributed by atoms with Gasteiger partial charge in [0.25, 0.3) is 0 Å². The zero-order valence-corrected chi connectivity index (χ0v) is 10.8. The second kappa shape index (κ2) is 4.19. The molecule has 0 aliphatic heterocycles. The molecule has 92 valence electrons. The Kier molecular flexibility index (Phi) is 2.84. The first-order chi connectivity index (χ1) is 8.41. The molecule has 0 radical (unpaired) electrons. The number of anilines is 1. The van der Waals surface area contributed by atoms with Crippen LogP contribution in [0, 0.1) is 11.3 Å². The molecule has 1 heterocycles. The number of nitriles is 1. The number of nitrogen functional groups attached to an aromatic ring is 1. The van der Waals surface area contributed by atoms with E-state index in [1.54, 1.807) is 16.8 Å². The largest absolute Gasteiger partial charge is 0.399 e. The molecule has 0 amide bonds. The van der Waals surface area contributed by atoms with Gasteiger partial charge in [-0.2, -0.15) is 10.4 Å². The minimum atomic E-state index is -0.00807. The van der Waals surface area contributed by atoms with Crippen molar-refractivity contribution in [3.8, 4) is 11.8 Å². The van der Waals surface area contributed by atoms with Gasteiger partial charge in [0.15, 0.2) is 0 Å². The molecule has 2 aromatic rings. The van der Waals surface area contributed by atoms with Gasteiger partial charge in [-0.25, -0.2) is 4.68 Å². The van der Waals surface area contributed by atoms with E-state index in [4.69, 9.17) is 11.0 Å². The van der Waals surface area contributed by atoms with E-state index >= 15 is 0 Å². The van der Waals surface area contributed by atoms with Crippen molar-refractivity contribution < 1.29 is 0 Å². The fraction of sp³-hybridized carbons (Fsp3) is 0.286. The Morgan fingerprint density at radius 2 is 2.00 bits per heavy atom. The lowest BCUT2D eigenvalue weighted by atomic mass is 9.93. The average Bonchev–Trinajstić information content (AvgIpc) is 2.77. The molecule has 4 nitrogen and oxygen atoms in total. The van der Waals surface area contributed by atoms with Gasteiger partial charge in [0.2, 0.25) is 0 Å². The van der Waals surface area contributed by atoms with Crippen LogP contribution in [0.15, 0.2) is 30.5 Å². The molecule has 2 rings (SSSR count). The molecule has 0 atom stereocenters. The standard InChI is InChI=1S/C14H16N4/c1-14(2,3)13-6-7-18(17-13)12-5-4-11(16)8-10(12)9-15/h4-8H,16H2,1-3H3. The van der Waals surface area contributed by atoms with Crippen LogP contribution in [-0.2, 0) is 5.41 Å². The maximum absolute atomic E-state index is 9.12. The molecule has 0 spiro atoms. The molecule has 0 unspecified atom stereocenters. The molecule has 0 fully saturated rings. The van der Waals surface area contributed by atoms with Gasteiger partial charge in [-0.1, -0.05) is 20.8 Å². The SMILES string of the molecule is CC(C)(C)c1ccn(-c2ccc(N)cc2C#N)n1. The van der Waals surface area contributed by atoms with E-state index < -0.39 is 0 Å². The van der Waals surface area contributed by atoms with E-state index in [1.165, 1.54) is 0 Å². The molecule has 0 aliphatic rings. The Morgan fingerprint density at radius 1 is 1.28 bits per heavy atom. The van der Waals surface area contributed by atoms with Crippen LogP contribution in [0.1, 0.15) is 32.0 Å². The number of aromatic nitrogens is 2. The summed E-state index contributed by atoms with van der Waals surface area (Å²) in [5.41, 5.74) is 8.52. The fourth-order valence-corrected chi connectivity index (χ4v) is 1.70. The van der Waals surface area contributed by atoms with Crippen LogP contribution in [-0.4, -0.2) is 9.78 Å². The molecular formula is C14H16N4. The van der Waals surface area contributed by atoms with Crippen molar-refractivity contribution in [2.24, 2.45) is 0 Å². The van der Waals surface area contributed by atoms with Crippen molar-refractivity contribution in [1.29, 1.82) is 5.26 Å². The van der Waals surface area contributed by atoms with Crippen molar-refractivity contribution in [1.82, 2.24) is 9.78 Å². The van der Waals surface area contributed by atoms with Crippen molar-refractivity contribution in [3.63, 3.8) is 0 Å². The summed E-state index contributed by atoms with van der Waals surface area (Å²) in [7, 11) is 0. The minimum absolute atomic E-state index is 0.00807. The number of rotatable bonds is 1. The molecule has 0 bridgehead atoms. The molecule has 0 saturated carbocycles. The van der Waals surface area contributed by atoms with Crippen LogP contribution in [0.3, 0.4) is 0 Å². The number of nitrogens with two attached hydrogens (primary N) is 1. The maximum Gasteiger partial charge on any atom is 0.101 e. The van der Waals surface area contributed by atoms with Gasteiger partial charge in [-0.3, -0.25) is 0 Å². The van der Waals surface area contributed by atoms with Crippen molar-refractivity contribution in [3.05, 3.63) is 41.7 Å². The van der Waals surface area contributed by atoms with Gasteiger partial charge in [0, 0.05) is 17.3 Å². The smallest absolute Gasteiger partial charge is 0.101 e. The van der Waals surface area contributed by atoms with E-state index in [1.807, 2.05) is 18.3 Å². The Hall–Kier alpha value is -2.28. The van der Waals surface area contributed by atoms with Crippen LogP contribution in [0.25, 0.3) is 5.69 Å². The van der Waals surface area contributed by atoms with E-state index in [9.17, 15) is 0 Å². The molecule has 0 aliphatic carbocycles. The number of hydrogen-bond donors (Lipinski definition) is 1. The molecule has 18 heavy (non-hydrogen) atoms. The quantitative estimate of drug-likeness (QED) is 0.779. The second-order valence-electron chi connectivity index (χ2n) is 5.28. The predicted octanol–water partition coefficient (Wildman–Crippen LogP) is 2.62. The molecular weight excluding hydrogens is 224 g/mol. The second-order valence-corrected chi connectivity index (χ2v) is 5.28. The Labute approximate surface area is 107 Å². The maximum atomic E-state index is 9.12. The highest BCUT2D eigenvalue weighted by atomic mass is 15.3. The first kappa shape index (κ1) is 12.2. The summed E-state index contributed by atoms with van der Waals surface area (Å²) < 4.78 is 1.72. The first-order valence-corrected chi connectivity index (χ1v) is 5.78. The predicted molar refractivity (Wildman–Crippen MR) is 71.4 cm³/mol. The lowest BCUT2D eigenvalue weighted by Crippen LogP contribution is -2.12. The van der Waals surface area contributed by atoms with Crippen molar-refractivity contribution in [2.75, 3.05) is 5.73 Å². The first-order valence-electron chi connectivity index (χ1n) is 5.78. The van der Waals surface area contributed by atoms with Gasteiger partial charge in [0.1, 0.15) is 6.07 Å². The number of benzene rings is 1. The van der Waals surface area contributed by atoms with Gasteiger partial charge in [-0.05, 0) is 24.3 Å². The van der Waals surface area contributed by atoms with Crippen LogP contribution in [0.5, 0.6) is 0 Å². The van der Waals surface area contributed by atoms with Crippen LogP contribution < -0.4 is 5.73 Å². The van der Waals surface area contributed by atoms with E-state index in [2.05, 4.69) is 31.9 Å². The zero-order chi connectivity index (χ0) is 13.3. The van der Waals surface area contributed by atoms with Gasteiger partial charge in [-0.15, -0.1) is 0 Å². The van der Waals surface area contributed by atoms with Crippen LogP contribution >= 0.6 is 0 Å². The lowest BCUT2D eigenvalue weighted by molar-refractivity contribution is 0.560. The topological polar surface area (TPSA) is 67.6 Å². The third kappa shape index (κ3) is 2.21. The van der Waals surface area contributed by atoms with Gasteiger partial charge < -0.3 is 5.73 Å². The van der Waals surface area contributed by atoms with Crippen LogP contribution in [0.4, 0.5) is 5.69 Å². The lowest BCUT2D eigenvalue weighted by Gasteiger charge is -2.14. The van der Waals surface area contributed by atoms with Gasteiger partial charge >= 0.3 is 0 Å². The molecule has 1 aromatic carbocycles. The normalized spacial score (nSPS) is 11.2. The highest BCUT2D eigenvalue weighted by Crippen LogP contribution is 2.22. The zero-order valence-electron chi connectivity index (χ0n) is 10.8. The average molecular weight is 240 g/mol. The Balaban J connectivity index is 2.50. The van der Waals surface area contributed by atoms with Crippen molar-refractivity contribution >= 4 is 5.69 Å². The van der Waals surface area contributed by atoms with Gasteiger partial charge in [0.05, 0.1) is 16.9 Å². The Morgan fingerprint density at radius 3 is 2.56 bits per heavy atom. The number of nitrogens with zero attached hydrogens (tertiary/aromatic N) is 3. The summed E-state index contributed by atoms with van der Waals surface area (Å²) in [6, 6.07) is 9.36. The summed E-state index contributed by atoms with van der Waals surface area (Å²) in [5, 5.41) is 13.6. The molecule has 2 N–H and O–H groups in total. The summed E-state index contributed by atoms with van der Waals surface area (Å²) in [5.74, 6) is 0. The summed E-state index contributed by atoms with van der Waals surface area (Å²) in [6.45, 7) is 6.32. The summed E-state index contributed by atoms with van der Waals surface area (Å²) in [6.07, 6.45) is 1.87. The fourth-order valence-electron chi connectivity index (χ4n) is 1.70. The third-order valence-corrected chi connectivity index (χ3v) is 2.75.